The van der Waals surface area contributed by atoms with E-state index >= 15 is 0 Å². The molecule has 2 heterocycles. The molecule has 1 aromatic heterocycles. The van der Waals surface area contributed by atoms with Crippen LogP contribution in [0.5, 0.6) is 0 Å². The minimum Gasteiger partial charge on any atom is -0.368 e. The number of anilines is 2. The van der Waals surface area contributed by atoms with E-state index in [0.29, 0.717) is 10.9 Å². The fraction of sp³-hybridized carbons (Fsp3) is 0.250. The number of pyridine rings is 1. The topological polar surface area (TPSA) is 62.5 Å². The molecule has 4 rings (SSSR count). The number of aryl methyl sites for hydroxylation is 1. The summed E-state index contributed by atoms with van der Waals surface area (Å²) in [5, 5.41) is 11.9. The number of hydrogen-bond acceptors (Lipinski definition) is 5. The number of aromatic nitrogens is 1. The van der Waals surface area contributed by atoms with E-state index in [4.69, 9.17) is 0 Å². The van der Waals surface area contributed by atoms with E-state index in [9.17, 15) is 10.1 Å². The molecule has 0 atom stereocenters. The molecule has 0 aliphatic carbocycles. The van der Waals surface area contributed by atoms with Gasteiger partial charge in [-0.15, -0.1) is 0 Å². The monoisotopic (exact) mass is 348 g/mol. The first-order valence-electron chi connectivity index (χ1n) is 8.72. The summed E-state index contributed by atoms with van der Waals surface area (Å²) in [6, 6.07) is 15.5. The van der Waals surface area contributed by atoms with Crippen LogP contribution in [0.1, 0.15) is 5.56 Å². The van der Waals surface area contributed by atoms with Crippen molar-refractivity contribution in [2.45, 2.75) is 6.92 Å². The normalized spacial score (nSPS) is 14.7. The zero-order chi connectivity index (χ0) is 18.1. The van der Waals surface area contributed by atoms with E-state index in [0.717, 1.165) is 31.9 Å². The number of non-ortho nitro benzene ring substituents is 1. The van der Waals surface area contributed by atoms with Gasteiger partial charge in [-0.3, -0.25) is 15.1 Å². The Balaban J connectivity index is 1.60. The van der Waals surface area contributed by atoms with Gasteiger partial charge in [-0.05, 0) is 42.8 Å². The lowest BCUT2D eigenvalue weighted by molar-refractivity contribution is -0.383. The quantitative estimate of drug-likeness (QED) is 0.532. The maximum Gasteiger partial charge on any atom is 0.278 e. The highest BCUT2D eigenvalue weighted by atomic mass is 16.6. The Hall–Kier alpha value is -3.15. The van der Waals surface area contributed by atoms with Gasteiger partial charge >= 0.3 is 0 Å². The third-order valence-corrected chi connectivity index (χ3v) is 4.91. The molecule has 6 heteroatoms. The van der Waals surface area contributed by atoms with Gasteiger partial charge in [0.05, 0.1) is 16.0 Å². The Morgan fingerprint density at radius 2 is 1.77 bits per heavy atom. The van der Waals surface area contributed by atoms with Crippen LogP contribution in [0.25, 0.3) is 10.9 Å². The second kappa shape index (κ2) is 6.63. The summed E-state index contributed by atoms with van der Waals surface area (Å²) in [6.45, 7) is 5.65. The van der Waals surface area contributed by atoms with Gasteiger partial charge in [0.25, 0.3) is 5.69 Å². The van der Waals surface area contributed by atoms with Gasteiger partial charge < -0.3 is 9.80 Å². The van der Waals surface area contributed by atoms with Crippen molar-refractivity contribution < 1.29 is 4.92 Å². The molecule has 2 aromatic carbocycles. The van der Waals surface area contributed by atoms with E-state index < -0.39 is 0 Å². The molecular formula is C20H20N4O2. The van der Waals surface area contributed by atoms with Crippen molar-refractivity contribution in [1.82, 2.24) is 4.98 Å². The van der Waals surface area contributed by atoms with E-state index in [2.05, 4.69) is 46.0 Å². The summed E-state index contributed by atoms with van der Waals surface area (Å²) in [5.74, 6) is 0. The van der Waals surface area contributed by atoms with Gasteiger partial charge in [0.2, 0.25) is 0 Å². The Bertz CT molecular complexity index is 965. The maximum absolute atomic E-state index is 11.3. The van der Waals surface area contributed by atoms with E-state index in [-0.39, 0.29) is 10.6 Å². The average Bonchev–Trinajstić information content (AvgIpc) is 2.67. The molecule has 0 radical (unpaired) electrons. The minimum atomic E-state index is -0.344. The summed E-state index contributed by atoms with van der Waals surface area (Å²) in [7, 11) is 0. The standard InChI is InChI=1S/C20H20N4O2/c1-15-4-2-5-16(14-15)22-10-12-23(13-11-22)19-8-7-18(24(25)26)17-6-3-9-21-20(17)19/h2-9,14H,10-13H2,1H3. The van der Waals surface area contributed by atoms with Gasteiger partial charge in [0.15, 0.2) is 0 Å². The molecule has 1 aliphatic heterocycles. The highest BCUT2D eigenvalue weighted by molar-refractivity contribution is 5.97. The lowest BCUT2D eigenvalue weighted by atomic mass is 10.1. The fourth-order valence-corrected chi connectivity index (χ4v) is 3.59. The van der Waals surface area contributed by atoms with Crippen molar-refractivity contribution in [1.29, 1.82) is 0 Å². The maximum atomic E-state index is 11.3. The molecule has 0 N–H and O–H groups in total. The fourth-order valence-electron chi connectivity index (χ4n) is 3.59. The van der Waals surface area contributed by atoms with Crippen LogP contribution < -0.4 is 9.80 Å². The number of nitrogens with zero attached hydrogens (tertiary/aromatic N) is 4. The molecule has 0 amide bonds. The molecule has 0 unspecified atom stereocenters. The Morgan fingerprint density at radius 1 is 1.00 bits per heavy atom. The molecule has 1 saturated heterocycles. The van der Waals surface area contributed by atoms with Crippen molar-refractivity contribution in [3.63, 3.8) is 0 Å². The van der Waals surface area contributed by atoms with Crippen LogP contribution in [0.15, 0.2) is 54.7 Å². The SMILES string of the molecule is Cc1cccc(N2CCN(c3ccc([N+](=O)[O-])c4cccnc34)CC2)c1. The predicted molar refractivity (Wildman–Crippen MR) is 104 cm³/mol. The lowest BCUT2D eigenvalue weighted by Crippen LogP contribution is -2.46. The summed E-state index contributed by atoms with van der Waals surface area (Å²) < 4.78 is 0. The van der Waals surface area contributed by atoms with Crippen molar-refractivity contribution in [3.8, 4) is 0 Å². The zero-order valence-corrected chi connectivity index (χ0v) is 14.6. The third-order valence-electron chi connectivity index (χ3n) is 4.91. The summed E-state index contributed by atoms with van der Waals surface area (Å²) in [6.07, 6.45) is 1.69. The molecule has 26 heavy (non-hydrogen) atoms. The second-order valence-corrected chi connectivity index (χ2v) is 6.57. The Morgan fingerprint density at radius 3 is 2.50 bits per heavy atom. The molecular weight excluding hydrogens is 328 g/mol. The van der Waals surface area contributed by atoms with E-state index in [1.165, 1.54) is 11.3 Å². The summed E-state index contributed by atoms with van der Waals surface area (Å²) in [4.78, 5) is 20.0. The first-order chi connectivity index (χ1) is 12.6. The number of nitro benzene ring substituents is 1. The van der Waals surface area contributed by atoms with Gasteiger partial charge in [0.1, 0.15) is 5.52 Å². The molecule has 0 spiro atoms. The third kappa shape index (κ3) is 2.94. The van der Waals surface area contributed by atoms with Gasteiger partial charge in [0, 0.05) is 44.1 Å². The molecule has 3 aromatic rings. The summed E-state index contributed by atoms with van der Waals surface area (Å²) in [5.41, 5.74) is 4.28. The molecule has 132 valence electrons. The number of nitro groups is 1. The van der Waals surface area contributed by atoms with E-state index in [1.54, 1.807) is 24.4 Å². The van der Waals surface area contributed by atoms with Gasteiger partial charge in [-0.2, -0.15) is 0 Å². The number of fused-ring (bicyclic) bond motifs is 1. The Labute approximate surface area is 151 Å². The zero-order valence-electron chi connectivity index (χ0n) is 14.6. The highest BCUT2D eigenvalue weighted by Crippen LogP contribution is 2.32. The molecule has 6 nitrogen and oxygen atoms in total. The van der Waals surface area contributed by atoms with Crippen LogP contribution in [0.2, 0.25) is 0 Å². The number of piperazine rings is 1. The summed E-state index contributed by atoms with van der Waals surface area (Å²) >= 11 is 0. The van der Waals surface area contributed by atoms with Crippen molar-refractivity contribution >= 4 is 28.0 Å². The van der Waals surface area contributed by atoms with Crippen LogP contribution in [0.4, 0.5) is 17.1 Å². The van der Waals surface area contributed by atoms with Gasteiger partial charge in [-0.1, -0.05) is 12.1 Å². The minimum absolute atomic E-state index is 0.107. The molecule has 1 fully saturated rings. The van der Waals surface area contributed by atoms with Crippen LogP contribution in [-0.4, -0.2) is 36.1 Å². The second-order valence-electron chi connectivity index (χ2n) is 6.57. The first kappa shape index (κ1) is 16.3. The molecule has 1 aliphatic rings. The smallest absolute Gasteiger partial charge is 0.278 e. The van der Waals surface area contributed by atoms with Gasteiger partial charge in [-0.25, -0.2) is 0 Å². The number of rotatable bonds is 3. The molecule has 0 saturated carbocycles. The van der Waals surface area contributed by atoms with Crippen LogP contribution >= 0.6 is 0 Å². The van der Waals surface area contributed by atoms with E-state index in [1.807, 2.05) is 6.07 Å². The molecule has 0 bridgehead atoms. The lowest BCUT2D eigenvalue weighted by Gasteiger charge is -2.37. The predicted octanol–water partition coefficient (Wildman–Crippen LogP) is 3.78. The van der Waals surface area contributed by atoms with Crippen molar-refractivity contribution in [2.75, 3.05) is 36.0 Å². The van der Waals surface area contributed by atoms with Crippen molar-refractivity contribution in [2.24, 2.45) is 0 Å². The van der Waals surface area contributed by atoms with Crippen LogP contribution in [0.3, 0.4) is 0 Å². The van der Waals surface area contributed by atoms with Crippen molar-refractivity contribution in [3.05, 3.63) is 70.4 Å². The van der Waals surface area contributed by atoms with Crippen LogP contribution in [0, 0.1) is 17.0 Å². The number of benzene rings is 2. The first-order valence-corrected chi connectivity index (χ1v) is 8.72. The number of hydrogen-bond donors (Lipinski definition) is 0. The average molecular weight is 348 g/mol. The largest absolute Gasteiger partial charge is 0.368 e. The van der Waals surface area contributed by atoms with Crippen LogP contribution in [-0.2, 0) is 0 Å². The highest BCUT2D eigenvalue weighted by Gasteiger charge is 2.22. The Kier molecular flexibility index (Phi) is 4.16.